The maximum atomic E-state index is 13.9. The number of carbonyl (C=O) groups is 1. The summed E-state index contributed by atoms with van der Waals surface area (Å²) >= 11 is 0. The molecule has 7 heteroatoms. The van der Waals surface area contributed by atoms with Gasteiger partial charge in [0.25, 0.3) is 5.91 Å². The van der Waals surface area contributed by atoms with Crippen LogP contribution in [0.3, 0.4) is 0 Å². The van der Waals surface area contributed by atoms with Crippen molar-refractivity contribution in [3.05, 3.63) is 59.8 Å². The van der Waals surface area contributed by atoms with Crippen LogP contribution in [0.4, 0.5) is 25.8 Å². The van der Waals surface area contributed by atoms with Gasteiger partial charge in [-0.1, -0.05) is 0 Å². The second-order valence-corrected chi connectivity index (χ2v) is 5.19. The average molecular weight is 331 g/mol. The van der Waals surface area contributed by atoms with Gasteiger partial charge in [-0.3, -0.25) is 4.79 Å². The van der Waals surface area contributed by atoms with Crippen LogP contribution in [0.2, 0.25) is 0 Å². The average Bonchev–Trinajstić information content (AvgIpc) is 2.86. The smallest absolute Gasteiger partial charge is 0.257 e. The van der Waals surface area contributed by atoms with Crippen LogP contribution < -0.4 is 16.0 Å². The summed E-state index contributed by atoms with van der Waals surface area (Å²) in [6, 6.07) is 8.47. The number of amides is 1. The first-order valence-corrected chi connectivity index (χ1v) is 7.31. The van der Waals surface area contributed by atoms with Crippen LogP contribution in [0.1, 0.15) is 5.56 Å². The summed E-state index contributed by atoms with van der Waals surface area (Å²) in [7, 11) is 0. The highest BCUT2D eigenvalue weighted by molar-refractivity contribution is 6.31. The molecule has 3 rings (SSSR count). The number of fused-ring (bicyclic) bond motifs is 1. The number of rotatable bonds is 5. The van der Waals surface area contributed by atoms with E-state index in [1.165, 1.54) is 36.5 Å². The maximum absolute atomic E-state index is 13.9. The van der Waals surface area contributed by atoms with Crippen molar-refractivity contribution < 1.29 is 18.7 Å². The van der Waals surface area contributed by atoms with E-state index >= 15 is 0 Å². The van der Waals surface area contributed by atoms with Gasteiger partial charge in [-0.25, -0.2) is 8.78 Å². The van der Waals surface area contributed by atoms with Crippen LogP contribution in [-0.4, -0.2) is 24.2 Å². The predicted octanol–water partition coefficient (Wildman–Crippen LogP) is 2.77. The van der Waals surface area contributed by atoms with Gasteiger partial charge in [0.15, 0.2) is 0 Å². The van der Waals surface area contributed by atoms with Crippen LogP contribution in [0.5, 0.6) is 0 Å². The Labute approximate surface area is 137 Å². The summed E-state index contributed by atoms with van der Waals surface area (Å²) < 4.78 is 27.1. The fraction of sp³-hybridized carbons (Fsp3) is 0.118. The zero-order chi connectivity index (χ0) is 17.1. The Hall–Kier alpha value is -2.93. The molecular weight excluding hydrogens is 316 g/mol. The number of halogens is 2. The third-order valence-corrected chi connectivity index (χ3v) is 3.54. The van der Waals surface area contributed by atoms with Crippen molar-refractivity contribution in [2.45, 2.75) is 0 Å². The number of aliphatic hydroxyl groups is 1. The van der Waals surface area contributed by atoms with Crippen molar-refractivity contribution in [3.63, 3.8) is 0 Å². The van der Waals surface area contributed by atoms with Gasteiger partial charge in [-0.15, -0.1) is 0 Å². The van der Waals surface area contributed by atoms with Gasteiger partial charge < -0.3 is 21.1 Å². The van der Waals surface area contributed by atoms with Crippen molar-refractivity contribution in [1.29, 1.82) is 0 Å². The Morgan fingerprint density at radius 1 is 1.17 bits per heavy atom. The fourth-order valence-electron chi connectivity index (χ4n) is 2.40. The van der Waals surface area contributed by atoms with Crippen LogP contribution in [0, 0.1) is 11.6 Å². The van der Waals surface area contributed by atoms with E-state index in [-0.39, 0.29) is 24.7 Å². The highest BCUT2D eigenvalue weighted by Crippen LogP contribution is 2.32. The lowest BCUT2D eigenvalue weighted by Crippen LogP contribution is -2.07. The van der Waals surface area contributed by atoms with Gasteiger partial charge in [0.1, 0.15) is 11.6 Å². The standard InChI is InChI=1S/C17H15F2N3O2/c18-10-1-3-12-13(17(24)22-16(12)7-10)9-21-11-2-4-15(14(19)8-11)20-5-6-23/h1-4,7-9,20-21,23H,5-6H2,(H,22,24). The molecule has 0 saturated carbocycles. The molecular formula is C17H15F2N3O2. The van der Waals surface area contributed by atoms with E-state index < -0.39 is 11.6 Å². The number of hydrogen-bond acceptors (Lipinski definition) is 4. The molecule has 0 spiro atoms. The van der Waals surface area contributed by atoms with E-state index in [0.717, 1.165) is 0 Å². The summed E-state index contributed by atoms with van der Waals surface area (Å²) in [4.78, 5) is 12.0. The minimum absolute atomic E-state index is 0.0966. The summed E-state index contributed by atoms with van der Waals surface area (Å²) in [6.45, 7) is 0.155. The number of hydrogen-bond donors (Lipinski definition) is 4. The van der Waals surface area contributed by atoms with E-state index in [1.54, 1.807) is 6.07 Å². The van der Waals surface area contributed by atoms with Crippen LogP contribution in [0.25, 0.3) is 5.57 Å². The predicted molar refractivity (Wildman–Crippen MR) is 88.6 cm³/mol. The number of aliphatic hydroxyl groups excluding tert-OH is 1. The minimum atomic E-state index is -0.481. The van der Waals surface area contributed by atoms with Crippen LogP contribution in [-0.2, 0) is 4.79 Å². The topological polar surface area (TPSA) is 73.4 Å². The van der Waals surface area contributed by atoms with E-state index in [1.807, 2.05) is 0 Å². The third-order valence-electron chi connectivity index (χ3n) is 3.54. The van der Waals surface area contributed by atoms with E-state index in [9.17, 15) is 13.6 Å². The number of carbonyl (C=O) groups excluding carboxylic acids is 1. The van der Waals surface area contributed by atoms with Gasteiger partial charge in [-0.2, -0.15) is 0 Å². The second-order valence-electron chi connectivity index (χ2n) is 5.19. The normalized spacial score (nSPS) is 14.5. The third kappa shape index (κ3) is 3.21. The van der Waals surface area contributed by atoms with Gasteiger partial charge in [-0.05, 0) is 36.4 Å². The molecule has 1 heterocycles. The molecule has 4 N–H and O–H groups in total. The quantitative estimate of drug-likeness (QED) is 0.636. The first kappa shape index (κ1) is 15.9. The lowest BCUT2D eigenvalue weighted by atomic mass is 10.1. The SMILES string of the molecule is O=C1Nc2cc(F)ccc2C1=CNc1ccc(NCCO)c(F)c1. The molecule has 1 aliphatic rings. The Morgan fingerprint density at radius 2 is 2.00 bits per heavy atom. The monoisotopic (exact) mass is 331 g/mol. The Kier molecular flexibility index (Phi) is 4.43. The lowest BCUT2D eigenvalue weighted by Gasteiger charge is -2.08. The van der Waals surface area contributed by atoms with Crippen molar-refractivity contribution in [2.24, 2.45) is 0 Å². The summed E-state index contributed by atoms with van der Waals surface area (Å²) in [5.41, 5.74) is 2.06. The summed E-state index contributed by atoms with van der Waals surface area (Å²) in [5, 5.41) is 16.9. The zero-order valence-electron chi connectivity index (χ0n) is 12.6. The highest BCUT2D eigenvalue weighted by Gasteiger charge is 2.24. The molecule has 0 aromatic heterocycles. The molecule has 0 unspecified atom stereocenters. The number of benzene rings is 2. The van der Waals surface area contributed by atoms with Crippen LogP contribution >= 0.6 is 0 Å². The van der Waals surface area contributed by atoms with Crippen molar-refractivity contribution in [2.75, 3.05) is 29.1 Å². The number of anilines is 3. The van der Waals surface area contributed by atoms with E-state index in [2.05, 4.69) is 16.0 Å². The first-order valence-electron chi connectivity index (χ1n) is 7.31. The van der Waals surface area contributed by atoms with E-state index in [0.29, 0.717) is 22.5 Å². The molecule has 0 aliphatic carbocycles. The van der Waals surface area contributed by atoms with Crippen LogP contribution in [0.15, 0.2) is 42.6 Å². The molecule has 0 saturated heterocycles. The van der Waals surface area contributed by atoms with Crippen molar-refractivity contribution >= 4 is 28.5 Å². The minimum Gasteiger partial charge on any atom is -0.395 e. The summed E-state index contributed by atoms with van der Waals surface area (Å²) in [5.74, 6) is -1.27. The Morgan fingerprint density at radius 3 is 2.75 bits per heavy atom. The van der Waals surface area contributed by atoms with Crippen molar-refractivity contribution in [3.8, 4) is 0 Å². The molecule has 5 nitrogen and oxygen atoms in total. The molecule has 0 bridgehead atoms. The summed E-state index contributed by atoms with van der Waals surface area (Å²) in [6.07, 6.45) is 1.45. The Balaban J connectivity index is 1.79. The molecule has 1 amide bonds. The van der Waals surface area contributed by atoms with Gasteiger partial charge >= 0.3 is 0 Å². The molecule has 0 fully saturated rings. The largest absolute Gasteiger partial charge is 0.395 e. The van der Waals surface area contributed by atoms with Crippen molar-refractivity contribution in [1.82, 2.24) is 0 Å². The number of nitrogens with one attached hydrogen (secondary N) is 3. The van der Waals surface area contributed by atoms with Gasteiger partial charge in [0.2, 0.25) is 0 Å². The highest BCUT2D eigenvalue weighted by atomic mass is 19.1. The Bertz CT molecular complexity index is 821. The first-order chi connectivity index (χ1) is 11.6. The van der Waals surface area contributed by atoms with E-state index in [4.69, 9.17) is 5.11 Å². The zero-order valence-corrected chi connectivity index (χ0v) is 12.6. The molecule has 1 aliphatic heterocycles. The van der Waals surface area contributed by atoms with Gasteiger partial charge in [0.05, 0.1) is 23.6 Å². The molecule has 2 aromatic carbocycles. The molecule has 0 atom stereocenters. The van der Waals surface area contributed by atoms with Gasteiger partial charge in [0, 0.05) is 24.0 Å². The molecule has 0 radical (unpaired) electrons. The lowest BCUT2D eigenvalue weighted by molar-refractivity contribution is -0.110. The fourth-order valence-corrected chi connectivity index (χ4v) is 2.40. The maximum Gasteiger partial charge on any atom is 0.257 e. The molecule has 2 aromatic rings. The molecule has 24 heavy (non-hydrogen) atoms. The second kappa shape index (κ2) is 6.67. The molecule has 124 valence electrons.